The zero-order valence-electron chi connectivity index (χ0n) is 7.14. The minimum atomic E-state index is -0.918. The van der Waals surface area contributed by atoms with E-state index >= 15 is 0 Å². The summed E-state index contributed by atoms with van der Waals surface area (Å²) in [5.41, 5.74) is 2.68. The lowest BCUT2D eigenvalue weighted by molar-refractivity contribution is -0.527. The molecule has 0 aliphatic rings. The SMILES string of the molecule is Cc1cc(C)n(C(=O)N[N+](=O)[O-])n1. The van der Waals surface area contributed by atoms with Gasteiger partial charge in [0.25, 0.3) is 0 Å². The molecule has 0 aliphatic carbocycles. The van der Waals surface area contributed by atoms with Crippen molar-refractivity contribution in [3.63, 3.8) is 0 Å². The average molecular weight is 184 g/mol. The van der Waals surface area contributed by atoms with Crippen molar-refractivity contribution in [2.75, 3.05) is 0 Å². The van der Waals surface area contributed by atoms with Crippen molar-refractivity contribution in [2.24, 2.45) is 0 Å². The maximum Gasteiger partial charge on any atom is 0.400 e. The molecule has 1 amide bonds. The molecule has 1 rings (SSSR count). The Morgan fingerprint density at radius 3 is 2.69 bits per heavy atom. The fourth-order valence-electron chi connectivity index (χ4n) is 0.960. The number of rotatable bonds is 1. The molecule has 7 nitrogen and oxygen atoms in total. The van der Waals surface area contributed by atoms with E-state index in [-0.39, 0.29) is 0 Å². The van der Waals surface area contributed by atoms with E-state index in [1.54, 1.807) is 19.9 Å². The Kier molecular flexibility index (Phi) is 2.27. The van der Waals surface area contributed by atoms with E-state index in [0.717, 1.165) is 4.68 Å². The zero-order valence-corrected chi connectivity index (χ0v) is 7.14. The Bertz CT molecular complexity index is 357. The van der Waals surface area contributed by atoms with E-state index in [9.17, 15) is 14.9 Å². The van der Waals surface area contributed by atoms with E-state index in [0.29, 0.717) is 11.4 Å². The smallest absolute Gasteiger partial charge is 0.240 e. The van der Waals surface area contributed by atoms with Gasteiger partial charge >= 0.3 is 6.03 Å². The van der Waals surface area contributed by atoms with Crippen LogP contribution in [0.15, 0.2) is 6.07 Å². The highest BCUT2D eigenvalue weighted by Gasteiger charge is 2.13. The number of hydrogen-bond donors (Lipinski definition) is 1. The second-order valence-electron chi connectivity index (χ2n) is 2.51. The van der Waals surface area contributed by atoms with Gasteiger partial charge < -0.3 is 0 Å². The Hall–Kier alpha value is -1.92. The molecule has 0 aliphatic heterocycles. The summed E-state index contributed by atoms with van der Waals surface area (Å²) < 4.78 is 0.943. The Labute approximate surface area is 73.5 Å². The van der Waals surface area contributed by atoms with Crippen LogP contribution in [0.3, 0.4) is 0 Å². The first-order valence-electron chi connectivity index (χ1n) is 3.49. The summed E-state index contributed by atoms with van der Waals surface area (Å²) in [6.07, 6.45) is 0. The molecule has 0 aromatic carbocycles. The quantitative estimate of drug-likeness (QED) is 0.500. The van der Waals surface area contributed by atoms with Crippen LogP contribution in [-0.2, 0) is 0 Å². The summed E-state index contributed by atoms with van der Waals surface area (Å²) in [5, 5.41) is 12.8. The molecule has 0 fully saturated rings. The van der Waals surface area contributed by atoms with Crippen LogP contribution in [0.25, 0.3) is 0 Å². The molecular formula is C6H8N4O3. The van der Waals surface area contributed by atoms with E-state index in [2.05, 4.69) is 5.10 Å². The number of carbonyl (C=O) groups excluding carboxylic acids is 1. The van der Waals surface area contributed by atoms with E-state index in [1.165, 1.54) is 5.43 Å². The first-order chi connectivity index (χ1) is 6.00. The number of amides is 1. The summed E-state index contributed by atoms with van der Waals surface area (Å²) in [6.45, 7) is 3.34. The van der Waals surface area contributed by atoms with Crippen LogP contribution < -0.4 is 5.43 Å². The maximum absolute atomic E-state index is 11.0. The van der Waals surface area contributed by atoms with Gasteiger partial charge in [0.15, 0.2) is 5.03 Å². The van der Waals surface area contributed by atoms with E-state index in [4.69, 9.17) is 0 Å². The van der Waals surface area contributed by atoms with Gasteiger partial charge in [0.2, 0.25) is 0 Å². The minimum Gasteiger partial charge on any atom is -0.240 e. The van der Waals surface area contributed by atoms with Gasteiger partial charge in [-0.1, -0.05) is 0 Å². The highest BCUT2D eigenvalue weighted by molar-refractivity contribution is 5.75. The molecule has 0 bridgehead atoms. The van der Waals surface area contributed by atoms with Crippen molar-refractivity contribution < 1.29 is 9.83 Å². The molecule has 0 saturated carbocycles. The van der Waals surface area contributed by atoms with E-state index in [1.807, 2.05) is 0 Å². The molecule has 1 aromatic rings. The van der Waals surface area contributed by atoms with Gasteiger partial charge in [-0.3, -0.25) is 0 Å². The second kappa shape index (κ2) is 3.21. The average Bonchev–Trinajstić information content (AvgIpc) is 2.28. The molecule has 70 valence electrons. The molecule has 13 heavy (non-hydrogen) atoms. The number of nitro groups is 1. The normalized spacial score (nSPS) is 9.69. The molecule has 1 aromatic heterocycles. The van der Waals surface area contributed by atoms with Crippen LogP contribution in [0.4, 0.5) is 4.79 Å². The summed E-state index contributed by atoms with van der Waals surface area (Å²) in [4.78, 5) is 21.0. The maximum atomic E-state index is 11.0. The lowest BCUT2D eigenvalue weighted by Gasteiger charge is -1.97. The molecule has 7 heteroatoms. The monoisotopic (exact) mass is 184 g/mol. The van der Waals surface area contributed by atoms with Gasteiger partial charge in [0, 0.05) is 5.69 Å². The summed E-state index contributed by atoms with van der Waals surface area (Å²) in [6, 6.07) is 0.787. The van der Waals surface area contributed by atoms with Crippen LogP contribution in [-0.4, -0.2) is 20.8 Å². The van der Waals surface area contributed by atoms with Crippen molar-refractivity contribution in [3.05, 3.63) is 27.6 Å². The van der Waals surface area contributed by atoms with Gasteiger partial charge in [0.1, 0.15) is 0 Å². The van der Waals surface area contributed by atoms with Crippen molar-refractivity contribution in [2.45, 2.75) is 13.8 Å². The summed E-state index contributed by atoms with van der Waals surface area (Å²) >= 11 is 0. The number of nitrogens with one attached hydrogen (secondary N) is 1. The van der Waals surface area contributed by atoms with Crippen LogP contribution >= 0.6 is 0 Å². The second-order valence-corrected chi connectivity index (χ2v) is 2.51. The topological polar surface area (TPSA) is 90.1 Å². The molecule has 0 saturated heterocycles. The highest BCUT2D eigenvalue weighted by atomic mass is 16.7. The highest BCUT2D eigenvalue weighted by Crippen LogP contribution is 2.00. The standard InChI is InChI=1S/C6H8N4O3/c1-4-3-5(2)9(7-4)6(11)8-10(12)13/h3H,1-2H3,(H,8,11). The molecule has 1 N–H and O–H groups in total. The largest absolute Gasteiger partial charge is 0.400 e. The zero-order chi connectivity index (χ0) is 10.0. The predicted molar refractivity (Wildman–Crippen MR) is 42.6 cm³/mol. The Morgan fingerprint density at radius 2 is 2.31 bits per heavy atom. The fourth-order valence-corrected chi connectivity index (χ4v) is 0.960. The van der Waals surface area contributed by atoms with Gasteiger partial charge in [-0.2, -0.15) is 9.78 Å². The fraction of sp³-hybridized carbons (Fsp3) is 0.333. The number of aromatic nitrogens is 2. The van der Waals surface area contributed by atoms with Gasteiger partial charge in [-0.05, 0) is 25.3 Å². The number of carbonyl (C=O) groups is 1. The third-order valence-electron chi connectivity index (χ3n) is 1.39. The van der Waals surface area contributed by atoms with Gasteiger partial charge in [-0.15, -0.1) is 0 Å². The molecular weight excluding hydrogens is 176 g/mol. The minimum absolute atomic E-state index is 0.553. The van der Waals surface area contributed by atoms with Crippen molar-refractivity contribution >= 4 is 6.03 Å². The molecule has 0 unspecified atom stereocenters. The van der Waals surface area contributed by atoms with Crippen molar-refractivity contribution in [1.29, 1.82) is 0 Å². The van der Waals surface area contributed by atoms with Gasteiger partial charge in [0.05, 0.1) is 5.69 Å². The predicted octanol–water partition coefficient (Wildman–Crippen LogP) is 0.249. The number of nitrogens with zero attached hydrogens (tertiary/aromatic N) is 3. The number of hydrazine groups is 1. The lowest BCUT2D eigenvalue weighted by atomic mass is 10.4. The molecule has 0 spiro atoms. The summed E-state index contributed by atoms with van der Waals surface area (Å²) in [5.74, 6) is 0. The van der Waals surface area contributed by atoms with Crippen LogP contribution in [0.5, 0.6) is 0 Å². The Balaban J connectivity index is 2.88. The summed E-state index contributed by atoms with van der Waals surface area (Å²) in [7, 11) is 0. The molecule has 1 heterocycles. The van der Waals surface area contributed by atoms with E-state index < -0.39 is 11.1 Å². The number of aryl methyl sites for hydroxylation is 2. The van der Waals surface area contributed by atoms with Crippen LogP contribution in [0.2, 0.25) is 0 Å². The molecule has 0 radical (unpaired) electrons. The third-order valence-corrected chi connectivity index (χ3v) is 1.39. The van der Waals surface area contributed by atoms with Crippen LogP contribution in [0.1, 0.15) is 11.4 Å². The van der Waals surface area contributed by atoms with Crippen LogP contribution in [0, 0.1) is 24.0 Å². The third kappa shape index (κ3) is 2.01. The lowest BCUT2D eigenvalue weighted by Crippen LogP contribution is -2.34. The Morgan fingerprint density at radius 1 is 1.69 bits per heavy atom. The van der Waals surface area contributed by atoms with Crippen molar-refractivity contribution in [3.8, 4) is 0 Å². The molecule has 0 atom stereocenters. The van der Waals surface area contributed by atoms with Gasteiger partial charge in [-0.25, -0.2) is 14.9 Å². The first kappa shape index (κ1) is 9.17. The number of hydrogen-bond acceptors (Lipinski definition) is 4. The first-order valence-corrected chi connectivity index (χ1v) is 3.49. The van der Waals surface area contributed by atoms with Crippen molar-refractivity contribution in [1.82, 2.24) is 15.2 Å².